The molecule has 1 fully saturated rings. The zero-order valence-corrected chi connectivity index (χ0v) is 10.7. The monoisotopic (exact) mass is 284 g/mol. The third-order valence-electron chi connectivity index (χ3n) is 2.33. The van der Waals surface area contributed by atoms with Crippen molar-refractivity contribution in [2.75, 3.05) is 6.61 Å². The van der Waals surface area contributed by atoms with Crippen LogP contribution in [-0.2, 0) is 10.3 Å². The fourth-order valence-corrected chi connectivity index (χ4v) is 2.39. The van der Waals surface area contributed by atoms with Gasteiger partial charge in [-0.05, 0) is 17.7 Å². The first-order valence-electron chi connectivity index (χ1n) is 4.38. The molecule has 15 heavy (non-hydrogen) atoms. The van der Waals surface area contributed by atoms with Crippen LogP contribution in [0.2, 0.25) is 5.02 Å². The molecule has 5 heteroatoms. The number of hydrogen-bond acceptors (Lipinski definition) is 1. The van der Waals surface area contributed by atoms with Crippen molar-refractivity contribution in [1.82, 2.24) is 0 Å². The van der Waals surface area contributed by atoms with Gasteiger partial charge < -0.3 is 4.74 Å². The molecule has 1 aliphatic rings. The Morgan fingerprint density at radius 3 is 2.47 bits per heavy atom. The van der Waals surface area contributed by atoms with E-state index >= 15 is 0 Å². The predicted octanol–water partition coefficient (Wildman–Crippen LogP) is 4.33. The number of benzene rings is 1. The Morgan fingerprint density at radius 2 is 2.00 bits per heavy atom. The van der Waals surface area contributed by atoms with E-state index in [1.807, 2.05) is 18.2 Å². The third-order valence-corrected chi connectivity index (χ3v) is 2.97. The first-order valence-corrected chi connectivity index (χ1v) is 5.89. The van der Waals surface area contributed by atoms with Crippen LogP contribution in [-0.4, -0.2) is 10.4 Å². The molecule has 0 aliphatic carbocycles. The molecule has 2 rings (SSSR count). The Hall–Kier alpha value is 0.340. The summed E-state index contributed by atoms with van der Waals surface area (Å²) in [6, 6.07) is 7.43. The van der Waals surface area contributed by atoms with Gasteiger partial charge in [0.05, 0.1) is 6.61 Å². The summed E-state index contributed by atoms with van der Waals surface area (Å²) in [6.07, 6.45) is 0.338. The standard InChI is InChI=1S/C10H8Cl4O/c11-8-3-1-2-7(4-8)9(6-15-9)5-10(12,13)14/h1-4H,5-6H2. The molecule has 0 aromatic heterocycles. The van der Waals surface area contributed by atoms with Crippen molar-refractivity contribution >= 4 is 46.4 Å². The molecular weight excluding hydrogens is 278 g/mol. The summed E-state index contributed by atoms with van der Waals surface area (Å²) < 4.78 is 4.09. The van der Waals surface area contributed by atoms with Crippen molar-refractivity contribution in [3.8, 4) is 0 Å². The molecule has 0 radical (unpaired) electrons. The molecule has 82 valence electrons. The predicted molar refractivity (Wildman–Crippen MR) is 64.0 cm³/mol. The minimum Gasteiger partial charge on any atom is -0.364 e. The Kier molecular flexibility index (Phi) is 3.13. The van der Waals surface area contributed by atoms with Crippen LogP contribution in [0.1, 0.15) is 12.0 Å². The number of rotatable bonds is 2. The van der Waals surface area contributed by atoms with Crippen molar-refractivity contribution in [1.29, 1.82) is 0 Å². The van der Waals surface area contributed by atoms with E-state index in [-0.39, 0.29) is 0 Å². The lowest BCUT2D eigenvalue weighted by molar-refractivity contribution is 0.295. The van der Waals surface area contributed by atoms with Crippen molar-refractivity contribution < 1.29 is 4.74 Å². The molecule has 1 aromatic rings. The average Bonchev–Trinajstić information content (AvgIpc) is 2.83. The van der Waals surface area contributed by atoms with Crippen LogP contribution in [0.4, 0.5) is 0 Å². The van der Waals surface area contributed by atoms with Crippen molar-refractivity contribution in [3.05, 3.63) is 34.9 Å². The highest BCUT2D eigenvalue weighted by Gasteiger charge is 2.51. The summed E-state index contributed by atoms with van der Waals surface area (Å²) in [6.45, 7) is 0.571. The smallest absolute Gasteiger partial charge is 0.193 e. The van der Waals surface area contributed by atoms with Gasteiger partial charge in [0.1, 0.15) is 5.60 Å². The maximum atomic E-state index is 5.90. The van der Waals surface area contributed by atoms with E-state index in [0.717, 1.165) is 5.56 Å². The molecule has 0 bridgehead atoms. The highest BCUT2D eigenvalue weighted by atomic mass is 35.6. The zero-order chi connectivity index (χ0) is 11.1. The topological polar surface area (TPSA) is 12.5 Å². The van der Waals surface area contributed by atoms with Crippen LogP contribution in [0, 0.1) is 0 Å². The lowest BCUT2D eigenvalue weighted by Gasteiger charge is -2.17. The van der Waals surface area contributed by atoms with Gasteiger partial charge in [0, 0.05) is 11.4 Å². The van der Waals surface area contributed by atoms with Gasteiger partial charge >= 0.3 is 0 Å². The minimum absolute atomic E-state index is 0.338. The summed E-state index contributed by atoms with van der Waals surface area (Å²) in [5.74, 6) is 0. The quantitative estimate of drug-likeness (QED) is 0.582. The Balaban J connectivity index is 2.23. The molecule has 0 spiro atoms. The number of alkyl halides is 3. The van der Waals surface area contributed by atoms with E-state index in [0.29, 0.717) is 18.1 Å². The average molecular weight is 286 g/mol. The van der Waals surface area contributed by atoms with Gasteiger partial charge in [0.25, 0.3) is 0 Å². The second kappa shape index (κ2) is 3.97. The van der Waals surface area contributed by atoms with Crippen LogP contribution in [0.3, 0.4) is 0 Å². The van der Waals surface area contributed by atoms with Crippen molar-refractivity contribution in [2.24, 2.45) is 0 Å². The Labute approximate surface area is 108 Å². The molecule has 0 N–H and O–H groups in total. The van der Waals surface area contributed by atoms with E-state index in [2.05, 4.69) is 0 Å². The van der Waals surface area contributed by atoms with E-state index in [1.165, 1.54) is 0 Å². The van der Waals surface area contributed by atoms with Crippen LogP contribution >= 0.6 is 46.4 Å². The van der Waals surface area contributed by atoms with Crippen molar-refractivity contribution in [3.63, 3.8) is 0 Å². The molecule has 1 atom stereocenters. The van der Waals surface area contributed by atoms with Gasteiger partial charge in [0.2, 0.25) is 0 Å². The molecule has 1 unspecified atom stereocenters. The van der Waals surface area contributed by atoms with Crippen LogP contribution in [0.15, 0.2) is 24.3 Å². The van der Waals surface area contributed by atoms with Gasteiger partial charge in [0.15, 0.2) is 3.79 Å². The number of halogens is 4. The van der Waals surface area contributed by atoms with Crippen LogP contribution in [0.5, 0.6) is 0 Å². The van der Waals surface area contributed by atoms with Gasteiger partial charge in [-0.1, -0.05) is 58.5 Å². The van der Waals surface area contributed by atoms with Crippen LogP contribution < -0.4 is 0 Å². The summed E-state index contributed by atoms with van der Waals surface area (Å²) in [5, 5.41) is 0.659. The van der Waals surface area contributed by atoms with Crippen LogP contribution in [0.25, 0.3) is 0 Å². The van der Waals surface area contributed by atoms with Crippen molar-refractivity contribution in [2.45, 2.75) is 15.8 Å². The van der Waals surface area contributed by atoms with Gasteiger partial charge in [-0.15, -0.1) is 0 Å². The molecule has 1 aromatic carbocycles. The highest BCUT2D eigenvalue weighted by Crippen LogP contribution is 2.49. The number of epoxide rings is 1. The second-order valence-corrected chi connectivity index (χ2v) is 6.54. The van der Waals surface area contributed by atoms with E-state index in [1.54, 1.807) is 6.07 Å². The minimum atomic E-state index is -1.31. The molecule has 1 aliphatic heterocycles. The first-order chi connectivity index (χ1) is 6.91. The van der Waals surface area contributed by atoms with E-state index in [4.69, 9.17) is 51.1 Å². The zero-order valence-electron chi connectivity index (χ0n) is 7.64. The normalized spacial score (nSPS) is 25.3. The molecule has 0 saturated carbocycles. The fraction of sp³-hybridized carbons (Fsp3) is 0.400. The molecule has 0 amide bonds. The lowest BCUT2D eigenvalue weighted by atomic mass is 9.97. The van der Waals surface area contributed by atoms with Gasteiger partial charge in [-0.25, -0.2) is 0 Å². The molecule has 1 heterocycles. The maximum Gasteiger partial charge on any atom is 0.193 e. The van der Waals surface area contributed by atoms with Gasteiger partial charge in [-0.3, -0.25) is 0 Å². The Morgan fingerprint density at radius 1 is 1.33 bits per heavy atom. The highest BCUT2D eigenvalue weighted by molar-refractivity contribution is 6.67. The largest absolute Gasteiger partial charge is 0.364 e. The third kappa shape index (κ3) is 2.92. The summed E-state index contributed by atoms with van der Waals surface area (Å²) in [4.78, 5) is 0. The maximum absolute atomic E-state index is 5.90. The molecular formula is C10H8Cl4O. The first kappa shape index (κ1) is 11.8. The van der Waals surface area contributed by atoms with E-state index in [9.17, 15) is 0 Å². The Bertz CT molecular complexity index is 368. The summed E-state index contributed by atoms with van der Waals surface area (Å²) in [7, 11) is 0. The SMILES string of the molecule is Clc1cccc(C2(CC(Cl)(Cl)Cl)CO2)c1. The summed E-state index contributed by atoms with van der Waals surface area (Å²) in [5.41, 5.74) is 0.497. The number of hydrogen-bond donors (Lipinski definition) is 0. The lowest BCUT2D eigenvalue weighted by Crippen LogP contribution is -2.18. The molecule has 1 nitrogen and oxygen atoms in total. The van der Waals surface area contributed by atoms with E-state index < -0.39 is 9.39 Å². The number of ether oxygens (including phenoxy) is 1. The molecule has 1 saturated heterocycles. The summed E-state index contributed by atoms with van der Waals surface area (Å²) >= 11 is 23.2. The fourth-order valence-electron chi connectivity index (χ4n) is 1.55. The van der Waals surface area contributed by atoms with Gasteiger partial charge in [-0.2, -0.15) is 0 Å². The second-order valence-electron chi connectivity index (χ2n) is 3.59.